The van der Waals surface area contributed by atoms with Gasteiger partial charge in [0.2, 0.25) is 0 Å². The summed E-state index contributed by atoms with van der Waals surface area (Å²) in [7, 11) is -3.62. The van der Waals surface area contributed by atoms with Gasteiger partial charge < -0.3 is 0 Å². The molecule has 0 aliphatic rings. The Morgan fingerprint density at radius 1 is 1.00 bits per heavy atom. The fourth-order valence-corrected chi connectivity index (χ4v) is 3.72. The van der Waals surface area contributed by atoms with Crippen molar-refractivity contribution in [2.24, 2.45) is 0 Å². The maximum Gasteiger partial charge on any atom is 0.269 e. The highest BCUT2D eigenvalue weighted by molar-refractivity contribution is 7.90. The van der Waals surface area contributed by atoms with Crippen LogP contribution in [-0.4, -0.2) is 17.4 Å². The predicted molar refractivity (Wildman–Crippen MR) is 83.0 cm³/mol. The molecule has 3 rings (SSSR count). The van der Waals surface area contributed by atoms with E-state index in [0.717, 1.165) is 22.1 Å². The van der Waals surface area contributed by atoms with Gasteiger partial charge in [-0.15, -0.1) is 0 Å². The third kappa shape index (κ3) is 2.23. The molecule has 4 nitrogen and oxygen atoms in total. The fourth-order valence-electron chi connectivity index (χ4n) is 2.34. The van der Waals surface area contributed by atoms with Crippen LogP contribution in [0.25, 0.3) is 11.0 Å². The van der Waals surface area contributed by atoms with Crippen LogP contribution in [0.4, 0.5) is 0 Å². The van der Waals surface area contributed by atoms with E-state index in [1.54, 1.807) is 36.7 Å². The van der Waals surface area contributed by atoms with Gasteiger partial charge in [-0.3, -0.25) is 0 Å². The summed E-state index contributed by atoms with van der Waals surface area (Å²) < 4.78 is 26.8. The van der Waals surface area contributed by atoms with Gasteiger partial charge in [-0.1, -0.05) is 17.7 Å². The second-order valence-corrected chi connectivity index (χ2v) is 7.12. The van der Waals surface area contributed by atoms with E-state index in [9.17, 15) is 8.42 Å². The van der Waals surface area contributed by atoms with E-state index >= 15 is 0 Å². The van der Waals surface area contributed by atoms with Gasteiger partial charge in [-0.25, -0.2) is 17.4 Å². The third-order valence-corrected chi connectivity index (χ3v) is 5.19. The van der Waals surface area contributed by atoms with Gasteiger partial charge in [0.15, 0.2) is 5.65 Å². The lowest BCUT2D eigenvalue weighted by Crippen LogP contribution is -2.12. The van der Waals surface area contributed by atoms with E-state index in [1.807, 2.05) is 26.8 Å². The number of rotatable bonds is 2. The Kier molecular flexibility index (Phi) is 3.10. The van der Waals surface area contributed by atoms with Gasteiger partial charge in [0.05, 0.1) is 4.90 Å². The topological polar surface area (TPSA) is 52.0 Å². The lowest BCUT2D eigenvalue weighted by molar-refractivity contribution is 0.588. The quantitative estimate of drug-likeness (QED) is 0.730. The Morgan fingerprint density at radius 3 is 2.33 bits per heavy atom. The van der Waals surface area contributed by atoms with Gasteiger partial charge in [0.25, 0.3) is 10.0 Å². The van der Waals surface area contributed by atoms with E-state index in [-0.39, 0.29) is 4.90 Å². The van der Waals surface area contributed by atoms with Gasteiger partial charge in [-0.05, 0) is 50.1 Å². The van der Waals surface area contributed by atoms with E-state index in [1.165, 1.54) is 3.97 Å². The minimum Gasteiger partial charge on any atom is -0.237 e. The Labute approximate surface area is 124 Å². The summed E-state index contributed by atoms with van der Waals surface area (Å²) in [6, 6.07) is 8.80. The zero-order valence-corrected chi connectivity index (χ0v) is 13.0. The summed E-state index contributed by atoms with van der Waals surface area (Å²) in [5.74, 6) is 0. The molecule has 0 atom stereocenters. The average Bonchev–Trinajstić information content (AvgIpc) is 2.77. The molecule has 2 heterocycles. The van der Waals surface area contributed by atoms with E-state index in [2.05, 4.69) is 4.98 Å². The van der Waals surface area contributed by atoms with Crippen molar-refractivity contribution in [2.45, 2.75) is 25.7 Å². The molecule has 108 valence electrons. The number of nitrogens with zero attached hydrogens (tertiary/aromatic N) is 2. The number of fused-ring (bicyclic) bond motifs is 1. The van der Waals surface area contributed by atoms with Crippen molar-refractivity contribution in [3.63, 3.8) is 0 Å². The van der Waals surface area contributed by atoms with Crippen molar-refractivity contribution in [2.75, 3.05) is 0 Å². The van der Waals surface area contributed by atoms with Crippen LogP contribution in [-0.2, 0) is 10.0 Å². The van der Waals surface area contributed by atoms with Crippen molar-refractivity contribution < 1.29 is 8.42 Å². The van der Waals surface area contributed by atoms with Crippen LogP contribution in [0.15, 0.2) is 47.6 Å². The molecule has 0 unspecified atom stereocenters. The summed E-state index contributed by atoms with van der Waals surface area (Å²) in [6.07, 6.45) is 3.31. The minimum atomic E-state index is -3.62. The molecule has 0 bridgehead atoms. The Hall–Kier alpha value is -2.14. The van der Waals surface area contributed by atoms with Crippen LogP contribution >= 0.6 is 0 Å². The summed E-state index contributed by atoms with van der Waals surface area (Å²) in [6.45, 7) is 5.76. The smallest absolute Gasteiger partial charge is 0.237 e. The normalized spacial score (nSPS) is 12.0. The van der Waals surface area contributed by atoms with Crippen LogP contribution in [0.2, 0.25) is 0 Å². The van der Waals surface area contributed by atoms with E-state index in [0.29, 0.717) is 5.65 Å². The second kappa shape index (κ2) is 4.70. The number of hydrogen-bond donors (Lipinski definition) is 0. The summed E-state index contributed by atoms with van der Waals surface area (Å²) in [4.78, 5) is 4.57. The van der Waals surface area contributed by atoms with Gasteiger partial charge in [0.1, 0.15) is 0 Å². The highest BCUT2D eigenvalue weighted by Gasteiger charge is 2.20. The number of benzene rings is 1. The number of aryl methyl sites for hydroxylation is 3. The molecule has 0 radical (unpaired) electrons. The fraction of sp³-hybridized carbons (Fsp3) is 0.188. The largest absolute Gasteiger partial charge is 0.269 e. The van der Waals surface area contributed by atoms with Crippen molar-refractivity contribution in [1.29, 1.82) is 0 Å². The molecule has 3 aromatic rings. The van der Waals surface area contributed by atoms with E-state index < -0.39 is 10.0 Å². The van der Waals surface area contributed by atoms with Crippen molar-refractivity contribution in [1.82, 2.24) is 8.96 Å². The first-order chi connectivity index (χ1) is 9.89. The summed E-state index contributed by atoms with van der Waals surface area (Å²) in [5.41, 5.74) is 3.41. The molecule has 0 N–H and O–H groups in total. The van der Waals surface area contributed by atoms with Crippen LogP contribution in [0, 0.1) is 20.8 Å². The Morgan fingerprint density at radius 2 is 1.67 bits per heavy atom. The first-order valence-corrected chi connectivity index (χ1v) is 8.10. The molecule has 0 aliphatic heterocycles. The maximum atomic E-state index is 12.8. The first kappa shape index (κ1) is 13.8. The molecule has 0 amide bonds. The van der Waals surface area contributed by atoms with Gasteiger partial charge in [-0.2, -0.15) is 0 Å². The molecular formula is C16H16N2O2S. The second-order valence-electron chi connectivity index (χ2n) is 5.31. The van der Waals surface area contributed by atoms with Crippen LogP contribution in [0.5, 0.6) is 0 Å². The third-order valence-electron chi connectivity index (χ3n) is 3.53. The summed E-state index contributed by atoms with van der Waals surface area (Å²) in [5, 5.41) is 0.866. The van der Waals surface area contributed by atoms with Gasteiger partial charge >= 0.3 is 0 Å². The maximum absolute atomic E-state index is 12.8. The minimum absolute atomic E-state index is 0.271. The molecule has 0 saturated heterocycles. The highest BCUT2D eigenvalue weighted by Crippen LogP contribution is 2.24. The van der Waals surface area contributed by atoms with Crippen molar-refractivity contribution in [3.8, 4) is 0 Å². The molecule has 21 heavy (non-hydrogen) atoms. The number of aromatic nitrogens is 2. The highest BCUT2D eigenvalue weighted by atomic mass is 32.2. The Balaban J connectivity index is 2.26. The van der Waals surface area contributed by atoms with Crippen LogP contribution < -0.4 is 0 Å². The molecule has 0 saturated carbocycles. The monoisotopic (exact) mass is 300 g/mol. The van der Waals surface area contributed by atoms with Gasteiger partial charge in [0, 0.05) is 17.8 Å². The van der Waals surface area contributed by atoms with Crippen molar-refractivity contribution >= 4 is 21.1 Å². The number of hydrogen-bond acceptors (Lipinski definition) is 3. The SMILES string of the molecule is Cc1ccc(S(=O)(=O)n2cc(C)c3cc(C)cnc32)cc1. The lowest BCUT2D eigenvalue weighted by Gasteiger charge is -2.07. The molecule has 0 fully saturated rings. The number of pyridine rings is 1. The predicted octanol–water partition coefficient (Wildman–Crippen LogP) is 3.20. The summed E-state index contributed by atoms with van der Waals surface area (Å²) >= 11 is 0. The molecule has 0 aliphatic carbocycles. The molecule has 2 aromatic heterocycles. The first-order valence-electron chi connectivity index (χ1n) is 6.66. The van der Waals surface area contributed by atoms with Crippen LogP contribution in [0.1, 0.15) is 16.7 Å². The van der Waals surface area contributed by atoms with Crippen LogP contribution in [0.3, 0.4) is 0 Å². The van der Waals surface area contributed by atoms with Crippen molar-refractivity contribution in [3.05, 3.63) is 59.4 Å². The Bertz CT molecular complexity index is 923. The molecular weight excluding hydrogens is 284 g/mol. The molecule has 1 aromatic carbocycles. The standard InChI is InChI=1S/C16H16N2O2S/c1-11-4-6-14(7-5-11)21(19,20)18-10-13(3)15-8-12(2)9-17-16(15)18/h4-10H,1-3H3. The molecule has 5 heteroatoms. The lowest BCUT2D eigenvalue weighted by atomic mass is 10.2. The zero-order valence-electron chi connectivity index (χ0n) is 12.2. The zero-order chi connectivity index (χ0) is 15.2. The average molecular weight is 300 g/mol. The molecule has 0 spiro atoms. The van der Waals surface area contributed by atoms with E-state index in [4.69, 9.17) is 0 Å².